The average molecular weight is 339 g/mol. The van der Waals surface area contributed by atoms with Crippen molar-refractivity contribution < 1.29 is 14.3 Å². The molecule has 0 aliphatic carbocycles. The average Bonchev–Trinajstić information content (AvgIpc) is 3.16. The maximum atomic E-state index is 12.4. The molecule has 0 radical (unpaired) electrons. The second kappa shape index (κ2) is 8.28. The number of rotatable bonds is 5. The Balaban J connectivity index is 1.47. The maximum Gasteiger partial charge on any atom is 0.407 e. The number of carbonyl (C=O) groups is 2. The van der Waals surface area contributed by atoms with Crippen molar-refractivity contribution in [1.29, 1.82) is 0 Å². The SMILES string of the molecule is O=C(NCC(=O)N1CCCC1c1cccnc1)OCc1ccccc1. The Morgan fingerprint density at radius 3 is 2.80 bits per heavy atom. The first-order valence-electron chi connectivity index (χ1n) is 8.38. The van der Waals surface area contributed by atoms with E-state index in [0.29, 0.717) is 6.54 Å². The summed E-state index contributed by atoms with van der Waals surface area (Å²) in [7, 11) is 0. The maximum absolute atomic E-state index is 12.4. The van der Waals surface area contributed by atoms with Gasteiger partial charge in [-0.2, -0.15) is 0 Å². The molecule has 1 atom stereocenters. The number of nitrogens with one attached hydrogen (secondary N) is 1. The first-order chi connectivity index (χ1) is 12.2. The Hall–Kier alpha value is -2.89. The van der Waals surface area contributed by atoms with Gasteiger partial charge in [0.2, 0.25) is 5.91 Å². The molecule has 0 saturated carbocycles. The number of alkyl carbamates (subject to hydrolysis) is 1. The van der Waals surface area contributed by atoms with Crippen molar-refractivity contribution in [3.63, 3.8) is 0 Å². The van der Waals surface area contributed by atoms with E-state index < -0.39 is 6.09 Å². The summed E-state index contributed by atoms with van der Waals surface area (Å²) in [5.41, 5.74) is 1.93. The zero-order valence-corrected chi connectivity index (χ0v) is 13.9. The van der Waals surface area contributed by atoms with E-state index in [1.807, 2.05) is 42.5 Å². The highest BCUT2D eigenvalue weighted by Crippen LogP contribution is 2.31. The van der Waals surface area contributed by atoms with Gasteiger partial charge in [0.1, 0.15) is 13.2 Å². The molecule has 2 heterocycles. The Morgan fingerprint density at radius 1 is 1.20 bits per heavy atom. The molecule has 6 nitrogen and oxygen atoms in total. The highest BCUT2D eigenvalue weighted by molar-refractivity contribution is 5.82. The zero-order chi connectivity index (χ0) is 17.5. The van der Waals surface area contributed by atoms with E-state index in [0.717, 1.165) is 24.0 Å². The number of benzene rings is 1. The van der Waals surface area contributed by atoms with E-state index in [1.54, 1.807) is 17.3 Å². The molecule has 1 N–H and O–H groups in total. The lowest BCUT2D eigenvalue weighted by molar-refractivity contribution is -0.131. The number of likely N-dealkylation sites (tertiary alicyclic amines) is 1. The number of hydrogen-bond donors (Lipinski definition) is 1. The van der Waals surface area contributed by atoms with Crippen molar-refractivity contribution in [2.24, 2.45) is 0 Å². The molecule has 2 amide bonds. The molecule has 1 saturated heterocycles. The number of nitrogens with zero attached hydrogens (tertiary/aromatic N) is 2. The molecule has 3 rings (SSSR count). The second-order valence-electron chi connectivity index (χ2n) is 5.95. The summed E-state index contributed by atoms with van der Waals surface area (Å²) in [5, 5.41) is 2.53. The molecule has 1 aromatic carbocycles. The molecule has 1 aromatic heterocycles. The van der Waals surface area contributed by atoms with Gasteiger partial charge in [-0.25, -0.2) is 4.79 Å². The first-order valence-corrected chi connectivity index (χ1v) is 8.38. The van der Waals surface area contributed by atoms with Crippen LogP contribution in [0.2, 0.25) is 0 Å². The Morgan fingerprint density at radius 2 is 2.04 bits per heavy atom. The second-order valence-corrected chi connectivity index (χ2v) is 5.95. The van der Waals surface area contributed by atoms with Crippen LogP contribution in [0.4, 0.5) is 4.79 Å². The minimum atomic E-state index is -0.589. The molecule has 130 valence electrons. The smallest absolute Gasteiger partial charge is 0.407 e. The fourth-order valence-corrected chi connectivity index (χ4v) is 3.01. The molecule has 1 aliphatic rings. The van der Waals surface area contributed by atoms with E-state index in [1.165, 1.54) is 0 Å². The molecule has 25 heavy (non-hydrogen) atoms. The predicted octanol–water partition coefficient (Wildman–Crippen LogP) is 2.67. The summed E-state index contributed by atoms with van der Waals surface area (Å²) in [4.78, 5) is 30.1. The Bertz CT molecular complexity index is 706. The number of amides is 2. The Labute approximate surface area is 146 Å². The molecule has 0 spiro atoms. The summed E-state index contributed by atoms with van der Waals surface area (Å²) in [6.45, 7) is 0.812. The largest absolute Gasteiger partial charge is 0.445 e. The Kier molecular flexibility index (Phi) is 5.61. The van der Waals surface area contributed by atoms with Crippen LogP contribution in [-0.4, -0.2) is 35.0 Å². The summed E-state index contributed by atoms with van der Waals surface area (Å²) in [6.07, 6.45) is 4.78. The number of carbonyl (C=O) groups excluding carboxylic acids is 2. The van der Waals surface area contributed by atoms with E-state index in [2.05, 4.69) is 10.3 Å². The number of pyridine rings is 1. The van der Waals surface area contributed by atoms with Crippen molar-refractivity contribution in [3.8, 4) is 0 Å². The number of hydrogen-bond acceptors (Lipinski definition) is 4. The monoisotopic (exact) mass is 339 g/mol. The van der Waals surface area contributed by atoms with Gasteiger partial charge in [0.15, 0.2) is 0 Å². The third kappa shape index (κ3) is 4.56. The standard InChI is InChI=1S/C19H21N3O3/c23-18(13-21-19(24)25-14-15-6-2-1-3-7-15)22-11-5-9-17(22)16-8-4-10-20-12-16/h1-4,6-8,10,12,17H,5,9,11,13-14H2,(H,21,24). The lowest BCUT2D eigenvalue weighted by Crippen LogP contribution is -2.40. The molecule has 2 aromatic rings. The van der Waals surface area contributed by atoms with Gasteiger partial charge in [0.25, 0.3) is 0 Å². The van der Waals surface area contributed by atoms with Crippen molar-refractivity contribution in [2.45, 2.75) is 25.5 Å². The van der Waals surface area contributed by atoms with Crippen molar-refractivity contribution in [2.75, 3.05) is 13.1 Å². The van der Waals surface area contributed by atoms with Crippen LogP contribution in [0.3, 0.4) is 0 Å². The van der Waals surface area contributed by atoms with Crippen LogP contribution in [-0.2, 0) is 16.1 Å². The normalized spacial score (nSPS) is 16.5. The third-order valence-corrected chi connectivity index (χ3v) is 4.24. The number of ether oxygens (including phenoxy) is 1. The molecular formula is C19H21N3O3. The first kappa shape index (κ1) is 17.0. The van der Waals surface area contributed by atoms with Crippen LogP contribution in [0.15, 0.2) is 54.9 Å². The van der Waals surface area contributed by atoms with E-state index in [9.17, 15) is 9.59 Å². The summed E-state index contributed by atoms with van der Waals surface area (Å²) in [6, 6.07) is 13.3. The minimum absolute atomic E-state index is 0.0309. The van der Waals surface area contributed by atoms with Crippen molar-refractivity contribution in [1.82, 2.24) is 15.2 Å². The van der Waals surface area contributed by atoms with Gasteiger partial charge >= 0.3 is 6.09 Å². The van der Waals surface area contributed by atoms with Crippen LogP contribution in [0, 0.1) is 0 Å². The summed E-state index contributed by atoms with van der Waals surface area (Å²) in [5.74, 6) is -0.108. The van der Waals surface area contributed by atoms with E-state index >= 15 is 0 Å². The highest BCUT2D eigenvalue weighted by Gasteiger charge is 2.30. The predicted molar refractivity (Wildman–Crippen MR) is 92.6 cm³/mol. The molecule has 0 bridgehead atoms. The van der Waals surface area contributed by atoms with Crippen molar-refractivity contribution in [3.05, 3.63) is 66.0 Å². The topological polar surface area (TPSA) is 71.5 Å². The summed E-state index contributed by atoms with van der Waals surface area (Å²) >= 11 is 0. The van der Waals surface area contributed by atoms with E-state index in [-0.39, 0.29) is 25.1 Å². The van der Waals surface area contributed by atoms with Crippen molar-refractivity contribution >= 4 is 12.0 Å². The van der Waals surface area contributed by atoms with Crippen LogP contribution in [0.25, 0.3) is 0 Å². The summed E-state index contributed by atoms with van der Waals surface area (Å²) < 4.78 is 5.12. The quantitative estimate of drug-likeness (QED) is 0.909. The molecule has 1 aliphatic heterocycles. The molecule has 6 heteroatoms. The van der Waals surface area contributed by atoms with Gasteiger partial charge in [0.05, 0.1) is 6.04 Å². The zero-order valence-electron chi connectivity index (χ0n) is 13.9. The van der Waals surface area contributed by atoms with E-state index in [4.69, 9.17) is 4.74 Å². The van der Waals surface area contributed by atoms with Gasteiger partial charge < -0.3 is 15.0 Å². The van der Waals surface area contributed by atoms with Crippen LogP contribution < -0.4 is 5.32 Å². The fraction of sp³-hybridized carbons (Fsp3) is 0.316. The third-order valence-electron chi connectivity index (χ3n) is 4.24. The highest BCUT2D eigenvalue weighted by atomic mass is 16.5. The van der Waals surface area contributed by atoms with Gasteiger partial charge in [-0.15, -0.1) is 0 Å². The van der Waals surface area contributed by atoms with Crippen LogP contribution in [0.1, 0.15) is 30.0 Å². The fourth-order valence-electron chi connectivity index (χ4n) is 3.01. The van der Waals surface area contributed by atoms with Crippen LogP contribution in [0.5, 0.6) is 0 Å². The molecular weight excluding hydrogens is 318 g/mol. The minimum Gasteiger partial charge on any atom is -0.445 e. The molecule has 1 unspecified atom stereocenters. The van der Waals surface area contributed by atoms with Gasteiger partial charge in [-0.1, -0.05) is 36.4 Å². The van der Waals surface area contributed by atoms with Gasteiger partial charge in [-0.05, 0) is 30.0 Å². The lowest BCUT2D eigenvalue weighted by Gasteiger charge is -2.25. The van der Waals surface area contributed by atoms with Gasteiger partial charge in [-0.3, -0.25) is 9.78 Å². The molecule has 1 fully saturated rings. The van der Waals surface area contributed by atoms with Gasteiger partial charge in [0, 0.05) is 18.9 Å². The van der Waals surface area contributed by atoms with Crippen LogP contribution >= 0.6 is 0 Å². The number of aromatic nitrogens is 1. The lowest BCUT2D eigenvalue weighted by atomic mass is 10.1.